The molecule has 0 saturated carbocycles. The molecule has 0 aliphatic heterocycles. The van der Waals surface area contributed by atoms with E-state index in [0.29, 0.717) is 0 Å². The molecule has 2 aromatic rings. The van der Waals surface area contributed by atoms with Crippen molar-refractivity contribution in [2.75, 3.05) is 12.5 Å². The molecular weight excluding hydrogens is 316 g/mol. The number of hydrazine groups is 1. The topological polar surface area (TPSA) is 106 Å². The number of aromatic nitrogens is 3. The minimum absolute atomic E-state index is 0.00195. The van der Waals surface area contributed by atoms with Gasteiger partial charge in [-0.05, 0) is 6.07 Å². The fourth-order valence-electron chi connectivity index (χ4n) is 1.74. The van der Waals surface area contributed by atoms with Crippen molar-refractivity contribution >= 4 is 27.4 Å². The minimum Gasteiger partial charge on any atom is -0.307 e. The van der Waals surface area contributed by atoms with Crippen LogP contribution in [0.1, 0.15) is 5.56 Å². The number of pyridine rings is 1. The number of hydrogen-bond donors (Lipinski definition) is 2. The van der Waals surface area contributed by atoms with Crippen LogP contribution in [0.25, 0.3) is 0 Å². The summed E-state index contributed by atoms with van der Waals surface area (Å²) in [5, 5.41) is 4.13. The average Bonchev–Trinajstić information content (AvgIpc) is 2.83. The Hall–Kier alpha value is -1.68. The van der Waals surface area contributed by atoms with Crippen molar-refractivity contribution in [3.05, 3.63) is 35.2 Å². The van der Waals surface area contributed by atoms with Crippen LogP contribution >= 0.6 is 11.6 Å². The summed E-state index contributed by atoms with van der Waals surface area (Å²) in [5.41, 5.74) is 3.06. The first-order chi connectivity index (χ1) is 9.84. The van der Waals surface area contributed by atoms with Crippen molar-refractivity contribution in [3.8, 4) is 0 Å². The molecule has 21 heavy (non-hydrogen) atoms. The van der Waals surface area contributed by atoms with Crippen LogP contribution in [0.15, 0.2) is 29.6 Å². The van der Waals surface area contributed by atoms with E-state index >= 15 is 0 Å². The van der Waals surface area contributed by atoms with Crippen LogP contribution in [0.5, 0.6) is 0 Å². The van der Waals surface area contributed by atoms with Crippen LogP contribution in [0, 0.1) is 0 Å². The van der Waals surface area contributed by atoms with Crippen molar-refractivity contribution in [2.45, 2.75) is 11.4 Å². The fourth-order valence-corrected chi connectivity index (χ4v) is 3.16. The summed E-state index contributed by atoms with van der Waals surface area (Å²) < 4.78 is 27.7. The van der Waals surface area contributed by atoms with Gasteiger partial charge in [0.15, 0.2) is 5.82 Å². The monoisotopic (exact) mass is 330 g/mol. The van der Waals surface area contributed by atoms with Gasteiger partial charge >= 0.3 is 0 Å². The molecule has 3 N–H and O–H groups in total. The lowest BCUT2D eigenvalue weighted by atomic mass is 10.4. The van der Waals surface area contributed by atoms with Gasteiger partial charge in [-0.2, -0.15) is 9.40 Å². The molecule has 0 bridgehead atoms. The third-order valence-electron chi connectivity index (χ3n) is 2.82. The average molecular weight is 331 g/mol. The largest absolute Gasteiger partial charge is 0.307 e. The molecule has 2 aromatic heterocycles. The predicted molar refractivity (Wildman–Crippen MR) is 78.9 cm³/mol. The number of halogens is 1. The third kappa shape index (κ3) is 3.32. The highest BCUT2D eigenvalue weighted by molar-refractivity contribution is 7.89. The summed E-state index contributed by atoms with van der Waals surface area (Å²) in [6.45, 7) is 0.199. The molecule has 0 saturated heterocycles. The third-order valence-corrected chi connectivity index (χ3v) is 4.88. The van der Waals surface area contributed by atoms with Gasteiger partial charge in [-0.25, -0.2) is 19.2 Å². The van der Waals surface area contributed by atoms with Gasteiger partial charge in [-0.1, -0.05) is 11.6 Å². The molecular formula is C11H15ClN6O2S. The van der Waals surface area contributed by atoms with Crippen LogP contribution in [0.3, 0.4) is 0 Å². The number of nitrogen functional groups attached to an aromatic ring is 1. The van der Waals surface area contributed by atoms with E-state index in [9.17, 15) is 8.42 Å². The number of hydrogen-bond acceptors (Lipinski definition) is 6. The lowest BCUT2D eigenvalue weighted by Crippen LogP contribution is -2.26. The molecule has 2 heterocycles. The maximum atomic E-state index is 12.4. The number of nitrogens with one attached hydrogen (secondary N) is 1. The molecule has 0 unspecified atom stereocenters. The van der Waals surface area contributed by atoms with Crippen LogP contribution in [0.4, 0.5) is 5.82 Å². The summed E-state index contributed by atoms with van der Waals surface area (Å²) in [5.74, 6) is 5.42. The molecule has 0 spiro atoms. The summed E-state index contributed by atoms with van der Waals surface area (Å²) in [4.78, 5) is 3.86. The van der Waals surface area contributed by atoms with E-state index in [2.05, 4.69) is 15.5 Å². The normalized spacial score (nSPS) is 11.9. The summed E-state index contributed by atoms with van der Waals surface area (Å²) in [7, 11) is -0.453. The number of aryl methyl sites for hydroxylation is 1. The van der Waals surface area contributed by atoms with Gasteiger partial charge in [0, 0.05) is 38.6 Å². The molecule has 10 heteroatoms. The first kappa shape index (κ1) is 15.7. The fraction of sp³-hybridized carbons (Fsp3) is 0.273. The Balaban J connectivity index is 2.26. The second kappa shape index (κ2) is 5.98. The maximum Gasteiger partial charge on any atom is 0.244 e. The van der Waals surface area contributed by atoms with E-state index in [1.165, 1.54) is 23.6 Å². The lowest BCUT2D eigenvalue weighted by Gasteiger charge is -2.16. The summed E-state index contributed by atoms with van der Waals surface area (Å²) in [6, 6.07) is 1.30. The Morgan fingerprint density at radius 2 is 2.19 bits per heavy atom. The van der Waals surface area contributed by atoms with Gasteiger partial charge in [0.25, 0.3) is 0 Å². The van der Waals surface area contributed by atoms with Crippen LogP contribution < -0.4 is 11.3 Å². The van der Waals surface area contributed by atoms with Crippen LogP contribution in [-0.2, 0) is 23.6 Å². The molecule has 8 nitrogen and oxygen atoms in total. The molecule has 2 rings (SSSR count). The Kier molecular flexibility index (Phi) is 4.47. The highest BCUT2D eigenvalue weighted by atomic mass is 35.5. The second-order valence-corrected chi connectivity index (χ2v) is 6.88. The molecule has 0 aliphatic carbocycles. The van der Waals surface area contributed by atoms with Crippen molar-refractivity contribution in [2.24, 2.45) is 12.9 Å². The quantitative estimate of drug-likeness (QED) is 0.613. The van der Waals surface area contributed by atoms with E-state index in [1.807, 2.05) is 0 Å². The molecule has 0 radical (unpaired) electrons. The van der Waals surface area contributed by atoms with Crippen LogP contribution in [0.2, 0.25) is 5.02 Å². The highest BCUT2D eigenvalue weighted by Crippen LogP contribution is 2.24. The maximum absolute atomic E-state index is 12.4. The van der Waals surface area contributed by atoms with E-state index in [4.69, 9.17) is 17.4 Å². The van der Waals surface area contributed by atoms with Gasteiger partial charge in [0.05, 0.1) is 11.2 Å². The summed E-state index contributed by atoms with van der Waals surface area (Å²) >= 11 is 5.90. The van der Waals surface area contributed by atoms with Crippen molar-refractivity contribution < 1.29 is 8.42 Å². The number of rotatable bonds is 5. The smallest absolute Gasteiger partial charge is 0.244 e. The zero-order chi connectivity index (χ0) is 15.6. The lowest BCUT2D eigenvalue weighted by molar-refractivity contribution is 0.466. The van der Waals surface area contributed by atoms with Gasteiger partial charge in [-0.15, -0.1) is 0 Å². The minimum atomic E-state index is -3.69. The first-order valence-corrected chi connectivity index (χ1v) is 7.72. The molecule has 0 amide bonds. The molecule has 0 aliphatic rings. The Morgan fingerprint density at radius 1 is 1.48 bits per heavy atom. The van der Waals surface area contributed by atoms with Crippen molar-refractivity contribution in [3.63, 3.8) is 0 Å². The zero-order valence-corrected chi connectivity index (χ0v) is 13.1. The number of nitrogens with two attached hydrogens (primary N) is 1. The standard InChI is InChI=1S/C11H15ClN6O2S/c1-17-6-8(4-15-17)7-18(2)21(19,20)9-3-10(12)11(16-13)14-5-9/h3-6H,7,13H2,1-2H3,(H,14,16). The Labute approximate surface area is 127 Å². The van der Waals surface area contributed by atoms with E-state index < -0.39 is 10.0 Å². The van der Waals surface area contributed by atoms with Gasteiger partial charge < -0.3 is 5.43 Å². The van der Waals surface area contributed by atoms with Gasteiger partial charge in [0.2, 0.25) is 10.0 Å². The van der Waals surface area contributed by atoms with E-state index in [0.717, 1.165) is 5.56 Å². The SMILES string of the molecule is CN(Cc1cnn(C)c1)S(=O)(=O)c1cnc(NN)c(Cl)c1. The number of nitrogens with zero attached hydrogens (tertiary/aromatic N) is 4. The van der Waals surface area contributed by atoms with Crippen molar-refractivity contribution in [1.29, 1.82) is 0 Å². The van der Waals surface area contributed by atoms with E-state index in [1.54, 1.807) is 24.1 Å². The Bertz CT molecular complexity index is 745. The Morgan fingerprint density at radius 3 is 2.71 bits per heavy atom. The van der Waals surface area contributed by atoms with E-state index in [-0.39, 0.29) is 22.3 Å². The van der Waals surface area contributed by atoms with Crippen LogP contribution in [-0.4, -0.2) is 34.5 Å². The summed E-state index contributed by atoms with van der Waals surface area (Å²) in [6.07, 6.45) is 4.56. The number of anilines is 1. The molecule has 114 valence electrons. The molecule has 0 atom stereocenters. The zero-order valence-electron chi connectivity index (χ0n) is 11.5. The molecule has 0 aromatic carbocycles. The van der Waals surface area contributed by atoms with Gasteiger partial charge in [-0.3, -0.25) is 4.68 Å². The second-order valence-electron chi connectivity index (χ2n) is 4.43. The predicted octanol–water partition coefficient (Wildman–Crippen LogP) is 0.575. The molecule has 0 fully saturated rings. The number of sulfonamides is 1. The highest BCUT2D eigenvalue weighted by Gasteiger charge is 2.22. The van der Waals surface area contributed by atoms with Gasteiger partial charge in [0.1, 0.15) is 4.90 Å². The van der Waals surface area contributed by atoms with Crippen molar-refractivity contribution in [1.82, 2.24) is 19.1 Å². The first-order valence-electron chi connectivity index (χ1n) is 5.90.